The zero-order valence-corrected chi connectivity index (χ0v) is 11.8. The Morgan fingerprint density at radius 3 is 2.28 bits per heavy atom. The number of hydrogen-bond acceptors (Lipinski definition) is 1. The molecule has 0 radical (unpaired) electrons. The van der Waals surface area contributed by atoms with E-state index in [4.69, 9.17) is 11.6 Å². The summed E-state index contributed by atoms with van der Waals surface area (Å²) < 4.78 is 0. The molecule has 1 aliphatic rings. The highest BCUT2D eigenvalue weighted by Gasteiger charge is 2.22. The van der Waals surface area contributed by atoms with Crippen LogP contribution in [0.2, 0.25) is 0 Å². The molecule has 2 rings (SSSR count). The van der Waals surface area contributed by atoms with Crippen molar-refractivity contribution < 1.29 is 4.79 Å². The van der Waals surface area contributed by atoms with Crippen LogP contribution in [-0.4, -0.2) is 17.3 Å². The van der Waals surface area contributed by atoms with E-state index in [9.17, 15) is 4.79 Å². The van der Waals surface area contributed by atoms with Gasteiger partial charge < -0.3 is 5.32 Å². The first-order chi connectivity index (χ1) is 8.58. The van der Waals surface area contributed by atoms with Crippen molar-refractivity contribution in [1.29, 1.82) is 0 Å². The van der Waals surface area contributed by atoms with Crippen LogP contribution in [0, 0.1) is 13.8 Å². The number of nitrogens with one attached hydrogen (secondary N) is 1. The quantitative estimate of drug-likeness (QED) is 0.814. The first kappa shape index (κ1) is 13.4. The SMILES string of the molecule is Cc1cccc(C)c1C(=O)NC1CCC(Cl)CC1. The lowest BCUT2D eigenvalue weighted by atomic mass is 9.94. The van der Waals surface area contributed by atoms with E-state index in [1.54, 1.807) is 0 Å². The van der Waals surface area contributed by atoms with Gasteiger partial charge in [-0.05, 0) is 50.7 Å². The zero-order chi connectivity index (χ0) is 13.1. The van der Waals surface area contributed by atoms with Crippen LogP contribution >= 0.6 is 11.6 Å². The second-order valence-corrected chi connectivity index (χ2v) is 5.81. The molecule has 1 aromatic carbocycles. The monoisotopic (exact) mass is 265 g/mol. The van der Waals surface area contributed by atoms with Crippen LogP contribution in [0.4, 0.5) is 0 Å². The summed E-state index contributed by atoms with van der Waals surface area (Å²) in [4.78, 5) is 12.3. The van der Waals surface area contributed by atoms with Gasteiger partial charge in [0.15, 0.2) is 0 Å². The maximum absolute atomic E-state index is 12.3. The normalized spacial score (nSPS) is 23.7. The van der Waals surface area contributed by atoms with Crippen LogP contribution in [0.3, 0.4) is 0 Å². The highest BCUT2D eigenvalue weighted by Crippen LogP contribution is 2.23. The predicted octanol–water partition coefficient (Wildman–Crippen LogP) is 3.58. The van der Waals surface area contributed by atoms with Gasteiger partial charge in [-0.1, -0.05) is 18.2 Å². The topological polar surface area (TPSA) is 29.1 Å². The summed E-state index contributed by atoms with van der Waals surface area (Å²) in [5.74, 6) is 0.0589. The minimum absolute atomic E-state index is 0.0589. The summed E-state index contributed by atoms with van der Waals surface area (Å²) in [6.07, 6.45) is 3.98. The number of carbonyl (C=O) groups excluding carboxylic acids is 1. The van der Waals surface area contributed by atoms with Gasteiger partial charge in [0.1, 0.15) is 0 Å². The third-order valence-electron chi connectivity index (χ3n) is 3.70. The average Bonchev–Trinajstić information content (AvgIpc) is 2.32. The lowest BCUT2D eigenvalue weighted by molar-refractivity contribution is 0.0926. The Hall–Kier alpha value is -1.02. The first-order valence-corrected chi connectivity index (χ1v) is 7.02. The van der Waals surface area contributed by atoms with Crippen LogP contribution in [0.15, 0.2) is 18.2 Å². The number of hydrogen-bond donors (Lipinski definition) is 1. The molecule has 2 nitrogen and oxygen atoms in total. The van der Waals surface area contributed by atoms with E-state index < -0.39 is 0 Å². The maximum Gasteiger partial charge on any atom is 0.252 e. The van der Waals surface area contributed by atoms with Gasteiger partial charge in [0.05, 0.1) is 0 Å². The molecule has 1 amide bonds. The minimum atomic E-state index is 0.0589. The molecule has 1 saturated carbocycles. The fourth-order valence-electron chi connectivity index (χ4n) is 2.63. The van der Waals surface area contributed by atoms with Crippen molar-refractivity contribution >= 4 is 17.5 Å². The molecule has 1 N–H and O–H groups in total. The van der Waals surface area contributed by atoms with Gasteiger partial charge in [0, 0.05) is 17.0 Å². The Labute approximate surface area is 114 Å². The molecule has 0 saturated heterocycles. The summed E-state index contributed by atoms with van der Waals surface area (Å²) in [6, 6.07) is 6.24. The second-order valence-electron chi connectivity index (χ2n) is 5.19. The molecule has 3 heteroatoms. The van der Waals surface area contributed by atoms with E-state index in [2.05, 4.69) is 5.32 Å². The number of alkyl halides is 1. The van der Waals surface area contributed by atoms with E-state index in [1.807, 2.05) is 32.0 Å². The van der Waals surface area contributed by atoms with E-state index in [0.29, 0.717) is 5.38 Å². The number of halogens is 1. The van der Waals surface area contributed by atoms with Crippen LogP contribution < -0.4 is 5.32 Å². The molecule has 18 heavy (non-hydrogen) atoms. The maximum atomic E-state index is 12.3. The van der Waals surface area contributed by atoms with Crippen LogP contribution in [0.5, 0.6) is 0 Å². The van der Waals surface area contributed by atoms with Crippen molar-refractivity contribution in [2.24, 2.45) is 0 Å². The molecular weight excluding hydrogens is 246 g/mol. The molecule has 98 valence electrons. The first-order valence-electron chi connectivity index (χ1n) is 6.59. The summed E-state index contributed by atoms with van der Waals surface area (Å²) >= 11 is 6.07. The molecule has 1 fully saturated rings. The highest BCUT2D eigenvalue weighted by atomic mass is 35.5. The molecule has 0 bridgehead atoms. The molecular formula is C15H20ClNO. The van der Waals surface area contributed by atoms with Gasteiger partial charge in [0.25, 0.3) is 5.91 Å². The lowest BCUT2D eigenvalue weighted by Crippen LogP contribution is -2.38. The average molecular weight is 266 g/mol. The summed E-state index contributed by atoms with van der Waals surface area (Å²) in [7, 11) is 0. The van der Waals surface area contributed by atoms with E-state index in [0.717, 1.165) is 42.4 Å². The number of amides is 1. The fraction of sp³-hybridized carbons (Fsp3) is 0.533. The molecule has 0 heterocycles. The largest absolute Gasteiger partial charge is 0.349 e. The highest BCUT2D eigenvalue weighted by molar-refractivity contribution is 6.20. The number of carbonyl (C=O) groups is 1. The van der Waals surface area contributed by atoms with Crippen molar-refractivity contribution in [3.63, 3.8) is 0 Å². The van der Waals surface area contributed by atoms with Gasteiger partial charge in [-0.2, -0.15) is 0 Å². The van der Waals surface area contributed by atoms with E-state index in [1.165, 1.54) is 0 Å². The number of rotatable bonds is 2. The minimum Gasteiger partial charge on any atom is -0.349 e. The number of aryl methyl sites for hydroxylation is 2. The van der Waals surface area contributed by atoms with Crippen LogP contribution in [-0.2, 0) is 0 Å². The van der Waals surface area contributed by atoms with Gasteiger partial charge in [-0.25, -0.2) is 0 Å². The van der Waals surface area contributed by atoms with Gasteiger partial charge >= 0.3 is 0 Å². The Morgan fingerprint density at radius 1 is 1.17 bits per heavy atom. The van der Waals surface area contributed by atoms with E-state index >= 15 is 0 Å². The molecule has 0 aromatic heterocycles. The Morgan fingerprint density at radius 2 is 1.72 bits per heavy atom. The molecule has 0 atom stereocenters. The smallest absolute Gasteiger partial charge is 0.252 e. The second kappa shape index (κ2) is 5.75. The third kappa shape index (κ3) is 3.05. The Bertz CT molecular complexity index is 416. The number of benzene rings is 1. The van der Waals surface area contributed by atoms with Crippen molar-refractivity contribution in [3.05, 3.63) is 34.9 Å². The van der Waals surface area contributed by atoms with Crippen LogP contribution in [0.1, 0.15) is 47.2 Å². The standard InChI is InChI=1S/C15H20ClNO/c1-10-4-3-5-11(2)14(10)15(18)17-13-8-6-12(16)7-9-13/h3-5,12-13H,6-9H2,1-2H3,(H,17,18). The molecule has 1 aromatic rings. The molecule has 0 aliphatic heterocycles. The molecule has 1 aliphatic carbocycles. The summed E-state index contributed by atoms with van der Waals surface area (Å²) in [6.45, 7) is 3.97. The van der Waals surface area contributed by atoms with Gasteiger partial charge in [-0.3, -0.25) is 4.79 Å². The fourth-order valence-corrected chi connectivity index (χ4v) is 2.88. The lowest BCUT2D eigenvalue weighted by Gasteiger charge is -2.26. The van der Waals surface area contributed by atoms with Gasteiger partial charge in [0.2, 0.25) is 0 Å². The van der Waals surface area contributed by atoms with Gasteiger partial charge in [-0.15, -0.1) is 11.6 Å². The van der Waals surface area contributed by atoms with Crippen molar-refractivity contribution in [2.45, 2.75) is 50.9 Å². The Balaban J connectivity index is 2.04. The predicted molar refractivity (Wildman–Crippen MR) is 75.3 cm³/mol. The summed E-state index contributed by atoms with van der Waals surface area (Å²) in [5, 5.41) is 3.43. The molecule has 0 unspecified atom stereocenters. The van der Waals surface area contributed by atoms with E-state index in [-0.39, 0.29) is 11.9 Å². The third-order valence-corrected chi connectivity index (χ3v) is 4.14. The zero-order valence-electron chi connectivity index (χ0n) is 11.0. The Kier molecular flexibility index (Phi) is 4.28. The molecule has 0 spiro atoms. The van der Waals surface area contributed by atoms with Crippen molar-refractivity contribution in [3.8, 4) is 0 Å². The van der Waals surface area contributed by atoms with Crippen molar-refractivity contribution in [2.75, 3.05) is 0 Å². The van der Waals surface area contributed by atoms with Crippen molar-refractivity contribution in [1.82, 2.24) is 5.32 Å². The summed E-state index contributed by atoms with van der Waals surface area (Å²) in [5.41, 5.74) is 2.91. The van der Waals surface area contributed by atoms with Crippen LogP contribution in [0.25, 0.3) is 0 Å².